The summed E-state index contributed by atoms with van der Waals surface area (Å²) in [6, 6.07) is 2.85. The van der Waals surface area contributed by atoms with Crippen molar-refractivity contribution in [3.05, 3.63) is 29.3 Å². The van der Waals surface area contributed by atoms with E-state index in [1.54, 1.807) is 6.92 Å². The van der Waals surface area contributed by atoms with Crippen molar-refractivity contribution in [1.29, 1.82) is 5.41 Å². The molecule has 0 fully saturated rings. The maximum Gasteiger partial charge on any atom is 0.416 e. The fourth-order valence-corrected chi connectivity index (χ4v) is 1.51. The Labute approximate surface area is 108 Å². The lowest BCUT2D eigenvalue weighted by molar-refractivity contribution is -0.137. The number of nitrogens with two attached hydrogens (primary N) is 1. The summed E-state index contributed by atoms with van der Waals surface area (Å²) in [7, 11) is 1.48. The number of hydrogen-bond acceptors (Lipinski definition) is 3. The van der Waals surface area contributed by atoms with Crippen LogP contribution in [0.2, 0.25) is 0 Å². The van der Waals surface area contributed by atoms with Gasteiger partial charge in [-0.1, -0.05) is 0 Å². The second-order valence-electron chi connectivity index (χ2n) is 4.01. The van der Waals surface area contributed by atoms with E-state index in [2.05, 4.69) is 0 Å². The molecule has 106 valence electrons. The van der Waals surface area contributed by atoms with E-state index in [1.807, 2.05) is 0 Å². The van der Waals surface area contributed by atoms with Gasteiger partial charge in [-0.05, 0) is 25.1 Å². The van der Waals surface area contributed by atoms with Crippen LogP contribution < -0.4 is 10.5 Å². The van der Waals surface area contributed by atoms with E-state index in [9.17, 15) is 13.2 Å². The molecule has 1 aromatic rings. The summed E-state index contributed by atoms with van der Waals surface area (Å²) in [5.74, 6) is -0.351. The van der Waals surface area contributed by atoms with Crippen molar-refractivity contribution in [1.82, 2.24) is 0 Å². The number of ether oxygens (including phenoxy) is 2. The van der Waals surface area contributed by atoms with Gasteiger partial charge in [0.05, 0.1) is 17.7 Å². The highest BCUT2D eigenvalue weighted by Gasteiger charge is 2.31. The molecule has 0 aliphatic carbocycles. The van der Waals surface area contributed by atoms with E-state index in [4.69, 9.17) is 20.6 Å². The Bertz CT molecular complexity index is 461. The number of benzene rings is 1. The Kier molecular flexibility index (Phi) is 4.77. The highest BCUT2D eigenvalue weighted by atomic mass is 19.4. The van der Waals surface area contributed by atoms with E-state index >= 15 is 0 Å². The molecule has 3 N–H and O–H groups in total. The molecule has 0 saturated carbocycles. The van der Waals surface area contributed by atoms with E-state index in [0.717, 1.165) is 18.2 Å². The van der Waals surface area contributed by atoms with Crippen molar-refractivity contribution in [2.24, 2.45) is 5.73 Å². The normalized spacial score (nSPS) is 13.1. The van der Waals surface area contributed by atoms with E-state index < -0.39 is 17.6 Å². The van der Waals surface area contributed by atoms with Crippen LogP contribution in [-0.4, -0.2) is 25.7 Å². The molecule has 0 saturated heterocycles. The zero-order valence-corrected chi connectivity index (χ0v) is 10.5. The summed E-state index contributed by atoms with van der Waals surface area (Å²) >= 11 is 0. The second kappa shape index (κ2) is 5.92. The lowest BCUT2D eigenvalue weighted by Gasteiger charge is -2.17. The molecule has 0 amide bonds. The third-order valence-electron chi connectivity index (χ3n) is 2.33. The average Bonchev–Trinajstić information content (AvgIpc) is 2.27. The molecule has 19 heavy (non-hydrogen) atoms. The summed E-state index contributed by atoms with van der Waals surface area (Å²) < 4.78 is 48.0. The minimum atomic E-state index is -4.49. The van der Waals surface area contributed by atoms with Crippen molar-refractivity contribution in [2.45, 2.75) is 19.2 Å². The molecule has 0 aromatic heterocycles. The van der Waals surface area contributed by atoms with Crippen LogP contribution in [0.5, 0.6) is 5.75 Å². The Morgan fingerprint density at radius 2 is 2.05 bits per heavy atom. The molecule has 1 aromatic carbocycles. The van der Waals surface area contributed by atoms with E-state index in [-0.39, 0.29) is 24.0 Å². The van der Waals surface area contributed by atoms with Gasteiger partial charge in [0.15, 0.2) is 0 Å². The molecule has 0 heterocycles. The molecule has 1 rings (SSSR count). The first-order valence-electron chi connectivity index (χ1n) is 5.47. The van der Waals surface area contributed by atoms with Gasteiger partial charge in [0.2, 0.25) is 0 Å². The minimum absolute atomic E-state index is 0.0854. The van der Waals surface area contributed by atoms with Crippen LogP contribution in [-0.2, 0) is 10.9 Å². The van der Waals surface area contributed by atoms with E-state index in [1.165, 1.54) is 7.11 Å². The molecule has 7 heteroatoms. The van der Waals surface area contributed by atoms with Crippen LogP contribution >= 0.6 is 0 Å². The monoisotopic (exact) mass is 276 g/mol. The summed E-state index contributed by atoms with van der Waals surface area (Å²) in [5, 5.41) is 7.32. The van der Waals surface area contributed by atoms with Crippen molar-refractivity contribution >= 4 is 5.84 Å². The van der Waals surface area contributed by atoms with Crippen molar-refractivity contribution in [3.63, 3.8) is 0 Å². The van der Waals surface area contributed by atoms with Gasteiger partial charge in [0.25, 0.3) is 0 Å². The molecule has 0 aliphatic heterocycles. The molecular weight excluding hydrogens is 261 g/mol. The van der Waals surface area contributed by atoms with Gasteiger partial charge in [-0.2, -0.15) is 13.2 Å². The first-order chi connectivity index (χ1) is 8.75. The van der Waals surface area contributed by atoms with Crippen LogP contribution in [0, 0.1) is 5.41 Å². The lowest BCUT2D eigenvalue weighted by atomic mass is 10.1. The molecular formula is C12H15F3N2O2. The lowest BCUT2D eigenvalue weighted by Crippen LogP contribution is -2.21. The zero-order chi connectivity index (χ0) is 14.6. The van der Waals surface area contributed by atoms with Gasteiger partial charge in [-0.3, -0.25) is 5.41 Å². The van der Waals surface area contributed by atoms with Crippen molar-refractivity contribution < 1.29 is 22.6 Å². The molecule has 1 atom stereocenters. The third-order valence-corrected chi connectivity index (χ3v) is 2.33. The molecule has 0 aliphatic rings. The average molecular weight is 276 g/mol. The van der Waals surface area contributed by atoms with Crippen molar-refractivity contribution in [3.8, 4) is 5.75 Å². The van der Waals surface area contributed by atoms with Gasteiger partial charge in [0, 0.05) is 7.11 Å². The van der Waals surface area contributed by atoms with Crippen LogP contribution in [0.1, 0.15) is 18.1 Å². The van der Waals surface area contributed by atoms with Gasteiger partial charge < -0.3 is 15.2 Å². The number of halogens is 3. The molecule has 4 nitrogen and oxygen atoms in total. The van der Waals surface area contributed by atoms with Crippen LogP contribution in [0.4, 0.5) is 13.2 Å². The molecule has 0 bridgehead atoms. The summed E-state index contributed by atoms with van der Waals surface area (Å²) in [4.78, 5) is 0. The standard InChI is InChI=1S/C12H15F3N2O2/c1-7(6-18-2)19-10-4-3-8(12(13,14)15)5-9(10)11(16)17/h3-5,7H,6H2,1-2H3,(H3,16,17). The zero-order valence-electron chi connectivity index (χ0n) is 10.5. The first kappa shape index (κ1) is 15.3. The number of rotatable bonds is 5. The van der Waals surface area contributed by atoms with Crippen LogP contribution in [0.25, 0.3) is 0 Å². The number of alkyl halides is 3. The maximum atomic E-state index is 12.6. The third kappa shape index (κ3) is 4.13. The molecule has 0 radical (unpaired) electrons. The topological polar surface area (TPSA) is 68.3 Å². The number of hydrogen-bond donors (Lipinski definition) is 2. The number of amidine groups is 1. The van der Waals surface area contributed by atoms with Gasteiger partial charge in [0.1, 0.15) is 17.7 Å². The van der Waals surface area contributed by atoms with E-state index in [0.29, 0.717) is 0 Å². The fourth-order valence-electron chi connectivity index (χ4n) is 1.51. The highest BCUT2D eigenvalue weighted by molar-refractivity contribution is 5.97. The maximum absolute atomic E-state index is 12.6. The fraction of sp³-hybridized carbons (Fsp3) is 0.417. The smallest absolute Gasteiger partial charge is 0.416 e. The number of nitrogens with one attached hydrogen (secondary N) is 1. The number of nitrogen functional groups attached to an aromatic ring is 1. The Morgan fingerprint density at radius 1 is 1.42 bits per heavy atom. The Morgan fingerprint density at radius 3 is 2.53 bits per heavy atom. The number of methoxy groups -OCH3 is 1. The Hall–Kier alpha value is -1.76. The predicted molar refractivity (Wildman–Crippen MR) is 64.4 cm³/mol. The Balaban J connectivity index is 3.09. The highest BCUT2D eigenvalue weighted by Crippen LogP contribution is 2.32. The minimum Gasteiger partial charge on any atom is -0.488 e. The van der Waals surface area contributed by atoms with Gasteiger partial charge in [-0.15, -0.1) is 0 Å². The van der Waals surface area contributed by atoms with Gasteiger partial charge in [-0.25, -0.2) is 0 Å². The van der Waals surface area contributed by atoms with Gasteiger partial charge >= 0.3 is 6.18 Å². The first-order valence-corrected chi connectivity index (χ1v) is 5.47. The molecule has 1 unspecified atom stereocenters. The summed E-state index contributed by atoms with van der Waals surface area (Å²) in [6.45, 7) is 1.98. The second-order valence-corrected chi connectivity index (χ2v) is 4.01. The SMILES string of the molecule is COCC(C)Oc1ccc(C(F)(F)F)cc1C(=N)N. The molecule has 0 spiro atoms. The predicted octanol–water partition coefficient (Wildman–Crippen LogP) is 2.40. The quantitative estimate of drug-likeness (QED) is 0.641. The van der Waals surface area contributed by atoms with Crippen molar-refractivity contribution in [2.75, 3.05) is 13.7 Å². The summed E-state index contributed by atoms with van der Waals surface area (Å²) in [5.41, 5.74) is 4.32. The largest absolute Gasteiger partial charge is 0.488 e. The summed E-state index contributed by atoms with van der Waals surface area (Å²) in [6.07, 6.45) is -4.85. The van der Waals surface area contributed by atoms with Crippen LogP contribution in [0.15, 0.2) is 18.2 Å². The van der Waals surface area contributed by atoms with Crippen LogP contribution in [0.3, 0.4) is 0 Å².